The summed E-state index contributed by atoms with van der Waals surface area (Å²) in [6.45, 7) is 3.89. The molecule has 0 amide bonds. The minimum absolute atomic E-state index is 0.285. The Balaban J connectivity index is 1.65. The summed E-state index contributed by atoms with van der Waals surface area (Å²) in [4.78, 5) is 10.8. The maximum Gasteiger partial charge on any atom is 0.218 e. The Morgan fingerprint density at radius 1 is 1.25 bits per heavy atom. The molecule has 0 bridgehead atoms. The first kappa shape index (κ1) is 13.6. The lowest BCUT2D eigenvalue weighted by Gasteiger charge is -2.34. The lowest BCUT2D eigenvalue weighted by atomic mass is 10.1. The highest BCUT2D eigenvalue weighted by atomic mass is 16.5. The number of piperidine rings is 1. The van der Waals surface area contributed by atoms with Gasteiger partial charge in [-0.15, -0.1) is 0 Å². The van der Waals surface area contributed by atoms with Gasteiger partial charge < -0.3 is 14.8 Å². The van der Waals surface area contributed by atoms with Gasteiger partial charge in [0, 0.05) is 6.07 Å². The fourth-order valence-corrected chi connectivity index (χ4v) is 3.01. The van der Waals surface area contributed by atoms with Gasteiger partial charge in [-0.3, -0.25) is 4.90 Å². The Morgan fingerprint density at radius 3 is 2.90 bits per heavy atom. The van der Waals surface area contributed by atoms with Crippen molar-refractivity contribution in [1.29, 1.82) is 0 Å². The van der Waals surface area contributed by atoms with E-state index in [4.69, 9.17) is 9.47 Å². The van der Waals surface area contributed by atoms with E-state index in [9.17, 15) is 0 Å². The molecule has 3 rings (SSSR count). The highest BCUT2D eigenvalue weighted by Gasteiger charge is 2.33. The first-order chi connectivity index (χ1) is 9.86. The zero-order chi connectivity index (χ0) is 13.8. The number of rotatable bonds is 4. The quantitative estimate of drug-likeness (QED) is 0.891. The average molecular weight is 278 g/mol. The summed E-state index contributed by atoms with van der Waals surface area (Å²) in [5, 5.41) is 3.47. The number of hydrogen-bond acceptors (Lipinski definition) is 6. The van der Waals surface area contributed by atoms with Crippen LogP contribution in [0.1, 0.15) is 19.3 Å². The summed E-state index contributed by atoms with van der Waals surface area (Å²) < 4.78 is 10.8. The molecule has 0 spiro atoms. The zero-order valence-corrected chi connectivity index (χ0v) is 11.9. The second kappa shape index (κ2) is 6.37. The monoisotopic (exact) mass is 278 g/mol. The Kier molecular flexibility index (Phi) is 4.32. The van der Waals surface area contributed by atoms with Crippen LogP contribution in [0.25, 0.3) is 0 Å². The van der Waals surface area contributed by atoms with Crippen LogP contribution in [0.3, 0.4) is 0 Å². The van der Waals surface area contributed by atoms with Crippen LogP contribution in [-0.4, -0.2) is 60.4 Å². The molecule has 2 aliphatic heterocycles. The van der Waals surface area contributed by atoms with Crippen molar-refractivity contribution in [3.8, 4) is 5.88 Å². The van der Waals surface area contributed by atoms with Gasteiger partial charge in [0.15, 0.2) is 0 Å². The molecule has 0 radical (unpaired) electrons. The average Bonchev–Trinajstić information content (AvgIpc) is 2.96. The second-order valence-electron chi connectivity index (χ2n) is 5.40. The molecule has 0 aliphatic carbocycles. The van der Waals surface area contributed by atoms with Crippen molar-refractivity contribution in [2.24, 2.45) is 0 Å². The van der Waals surface area contributed by atoms with Crippen LogP contribution in [0.5, 0.6) is 5.88 Å². The molecule has 1 aromatic heterocycles. The van der Waals surface area contributed by atoms with E-state index in [1.54, 1.807) is 7.11 Å². The molecule has 3 heterocycles. The number of nitrogens with zero attached hydrogens (tertiary/aromatic N) is 3. The molecule has 1 aromatic rings. The highest BCUT2D eigenvalue weighted by Crippen LogP contribution is 2.22. The van der Waals surface area contributed by atoms with Gasteiger partial charge in [0.25, 0.3) is 0 Å². The number of ether oxygens (including phenoxy) is 2. The van der Waals surface area contributed by atoms with Gasteiger partial charge in [0.1, 0.15) is 12.1 Å². The summed E-state index contributed by atoms with van der Waals surface area (Å²) in [6.07, 6.45) is 5.47. The molecule has 0 saturated carbocycles. The molecule has 2 atom stereocenters. The lowest BCUT2D eigenvalue weighted by Crippen LogP contribution is -2.48. The Hall–Kier alpha value is -1.40. The van der Waals surface area contributed by atoms with E-state index < -0.39 is 0 Å². The van der Waals surface area contributed by atoms with E-state index in [0.717, 1.165) is 19.0 Å². The first-order valence-corrected chi connectivity index (χ1v) is 7.31. The molecule has 6 nitrogen and oxygen atoms in total. The van der Waals surface area contributed by atoms with E-state index in [2.05, 4.69) is 20.2 Å². The van der Waals surface area contributed by atoms with Crippen molar-refractivity contribution in [1.82, 2.24) is 14.9 Å². The second-order valence-corrected chi connectivity index (χ2v) is 5.40. The summed E-state index contributed by atoms with van der Waals surface area (Å²) in [7, 11) is 1.61. The van der Waals surface area contributed by atoms with Crippen molar-refractivity contribution < 1.29 is 9.47 Å². The molecule has 2 saturated heterocycles. The number of aromatic nitrogens is 2. The Morgan fingerprint density at radius 2 is 2.10 bits per heavy atom. The maximum absolute atomic E-state index is 5.67. The molecular formula is C14H22N4O2. The largest absolute Gasteiger partial charge is 0.481 e. The van der Waals surface area contributed by atoms with Crippen molar-refractivity contribution >= 4 is 5.82 Å². The number of anilines is 1. The van der Waals surface area contributed by atoms with Crippen molar-refractivity contribution in [2.45, 2.75) is 31.3 Å². The molecule has 0 aromatic carbocycles. The molecule has 0 unspecified atom stereocenters. The van der Waals surface area contributed by atoms with Crippen LogP contribution in [0.15, 0.2) is 12.4 Å². The van der Waals surface area contributed by atoms with Crippen LogP contribution >= 0.6 is 0 Å². The van der Waals surface area contributed by atoms with Crippen LogP contribution in [0, 0.1) is 0 Å². The van der Waals surface area contributed by atoms with Crippen LogP contribution in [0.4, 0.5) is 5.82 Å². The summed E-state index contributed by atoms with van der Waals surface area (Å²) >= 11 is 0. The van der Waals surface area contributed by atoms with Gasteiger partial charge in [-0.25, -0.2) is 9.97 Å². The first-order valence-electron chi connectivity index (χ1n) is 7.31. The van der Waals surface area contributed by atoms with E-state index >= 15 is 0 Å². The van der Waals surface area contributed by atoms with Crippen LogP contribution in [0.2, 0.25) is 0 Å². The third kappa shape index (κ3) is 3.02. The van der Waals surface area contributed by atoms with Gasteiger partial charge in [-0.1, -0.05) is 6.42 Å². The number of likely N-dealkylation sites (tertiary alicyclic amines) is 1. The summed E-state index contributed by atoms with van der Waals surface area (Å²) in [6, 6.07) is 2.55. The van der Waals surface area contributed by atoms with Crippen LogP contribution in [-0.2, 0) is 4.74 Å². The SMILES string of the molecule is COc1cc(N[C@H]2COC[C@@H]2N2CCCCC2)ncn1. The minimum atomic E-state index is 0.285. The van der Waals surface area contributed by atoms with Crippen molar-refractivity contribution in [3.63, 3.8) is 0 Å². The molecule has 6 heteroatoms. The fraction of sp³-hybridized carbons (Fsp3) is 0.714. The van der Waals surface area contributed by atoms with Gasteiger partial charge >= 0.3 is 0 Å². The van der Waals surface area contributed by atoms with Gasteiger partial charge in [-0.2, -0.15) is 0 Å². The normalized spacial score (nSPS) is 27.4. The molecule has 1 N–H and O–H groups in total. The van der Waals surface area contributed by atoms with E-state index in [1.807, 2.05) is 6.07 Å². The van der Waals surface area contributed by atoms with Gasteiger partial charge in [0.2, 0.25) is 5.88 Å². The van der Waals surface area contributed by atoms with E-state index in [-0.39, 0.29) is 6.04 Å². The van der Waals surface area contributed by atoms with Crippen LogP contribution < -0.4 is 10.1 Å². The Bertz CT molecular complexity index is 437. The van der Waals surface area contributed by atoms with E-state index in [1.165, 1.54) is 38.7 Å². The van der Waals surface area contributed by atoms with Crippen molar-refractivity contribution in [2.75, 3.05) is 38.7 Å². The smallest absolute Gasteiger partial charge is 0.218 e. The molecule has 20 heavy (non-hydrogen) atoms. The third-order valence-electron chi connectivity index (χ3n) is 4.09. The third-order valence-corrected chi connectivity index (χ3v) is 4.09. The highest BCUT2D eigenvalue weighted by molar-refractivity contribution is 5.39. The summed E-state index contributed by atoms with van der Waals surface area (Å²) in [5.74, 6) is 1.38. The van der Waals surface area contributed by atoms with Crippen molar-refractivity contribution in [3.05, 3.63) is 12.4 Å². The molecular weight excluding hydrogens is 256 g/mol. The molecule has 2 aliphatic rings. The van der Waals surface area contributed by atoms with Gasteiger partial charge in [0.05, 0.1) is 32.4 Å². The minimum Gasteiger partial charge on any atom is -0.481 e. The number of hydrogen-bond donors (Lipinski definition) is 1. The summed E-state index contributed by atoms with van der Waals surface area (Å²) in [5.41, 5.74) is 0. The molecule has 2 fully saturated rings. The maximum atomic E-state index is 5.67. The number of nitrogens with one attached hydrogen (secondary N) is 1. The standard InChI is InChI=1S/C14H22N4O2/c1-19-14-7-13(15-10-16-14)17-11-8-20-9-12(11)18-5-3-2-4-6-18/h7,10-12H,2-6,8-9H2,1H3,(H,15,16,17)/t11-,12-/m0/s1. The zero-order valence-electron chi connectivity index (χ0n) is 11.9. The number of methoxy groups -OCH3 is 1. The molecule has 110 valence electrons. The Labute approximate surface area is 119 Å². The topological polar surface area (TPSA) is 59.5 Å². The lowest BCUT2D eigenvalue weighted by molar-refractivity contribution is 0.127. The van der Waals surface area contributed by atoms with Gasteiger partial charge in [-0.05, 0) is 25.9 Å². The van der Waals surface area contributed by atoms with E-state index in [0.29, 0.717) is 11.9 Å². The fourth-order valence-electron chi connectivity index (χ4n) is 3.01. The predicted molar refractivity (Wildman–Crippen MR) is 76.0 cm³/mol. The predicted octanol–water partition coefficient (Wildman–Crippen LogP) is 1.15.